The maximum atomic E-state index is 13.2. The van der Waals surface area contributed by atoms with E-state index in [2.05, 4.69) is 10.6 Å². The Hall–Kier alpha value is -4.00. The molecular formula is C27H27FN2O4. The maximum absolute atomic E-state index is 13.2. The van der Waals surface area contributed by atoms with Gasteiger partial charge in [0.25, 0.3) is 0 Å². The quantitative estimate of drug-likeness (QED) is 0.477. The number of hydrogen-bond acceptors (Lipinski definition) is 4. The van der Waals surface area contributed by atoms with E-state index in [1.54, 1.807) is 12.1 Å². The highest BCUT2D eigenvalue weighted by atomic mass is 19.1. The molecule has 0 aliphatic carbocycles. The number of carbonyl (C=O) groups is 3. The van der Waals surface area contributed by atoms with Gasteiger partial charge in [-0.25, -0.2) is 9.18 Å². The number of rotatable bonds is 9. The second-order valence-corrected chi connectivity index (χ2v) is 7.94. The molecule has 6 nitrogen and oxygen atoms in total. The third-order valence-electron chi connectivity index (χ3n) is 5.35. The van der Waals surface area contributed by atoms with Crippen molar-refractivity contribution in [1.29, 1.82) is 0 Å². The van der Waals surface area contributed by atoms with E-state index in [0.717, 1.165) is 16.7 Å². The van der Waals surface area contributed by atoms with Gasteiger partial charge in [0.2, 0.25) is 11.8 Å². The van der Waals surface area contributed by atoms with Crippen molar-refractivity contribution in [3.05, 3.63) is 95.8 Å². The maximum Gasteiger partial charge on any atom is 0.328 e. The Morgan fingerprint density at radius 2 is 1.29 bits per heavy atom. The molecule has 0 fully saturated rings. The van der Waals surface area contributed by atoms with Crippen LogP contribution in [-0.2, 0) is 32.0 Å². The van der Waals surface area contributed by atoms with Crippen LogP contribution < -0.4 is 10.6 Å². The fourth-order valence-corrected chi connectivity index (χ4v) is 3.62. The summed E-state index contributed by atoms with van der Waals surface area (Å²) in [5, 5.41) is 5.30. The lowest BCUT2D eigenvalue weighted by Gasteiger charge is -2.22. The Morgan fingerprint density at radius 3 is 1.85 bits per heavy atom. The van der Waals surface area contributed by atoms with Crippen LogP contribution in [0.4, 0.5) is 4.39 Å². The van der Waals surface area contributed by atoms with E-state index in [1.165, 1.54) is 26.2 Å². The molecule has 0 aliphatic rings. The topological polar surface area (TPSA) is 84.5 Å². The number of esters is 1. The van der Waals surface area contributed by atoms with E-state index in [9.17, 15) is 18.8 Å². The van der Waals surface area contributed by atoms with Gasteiger partial charge in [0.15, 0.2) is 0 Å². The van der Waals surface area contributed by atoms with Crippen molar-refractivity contribution in [2.24, 2.45) is 0 Å². The summed E-state index contributed by atoms with van der Waals surface area (Å²) in [4.78, 5) is 37.1. The van der Waals surface area contributed by atoms with Crippen molar-refractivity contribution in [3.63, 3.8) is 0 Å². The second-order valence-electron chi connectivity index (χ2n) is 7.94. The first-order valence-electron chi connectivity index (χ1n) is 10.9. The number of methoxy groups -OCH3 is 1. The van der Waals surface area contributed by atoms with Crippen molar-refractivity contribution < 1.29 is 23.5 Å². The Labute approximate surface area is 198 Å². The smallest absolute Gasteiger partial charge is 0.328 e. The van der Waals surface area contributed by atoms with Crippen LogP contribution in [0.1, 0.15) is 18.1 Å². The number of halogens is 1. The Bertz CT molecular complexity index is 1120. The van der Waals surface area contributed by atoms with E-state index < -0.39 is 35.7 Å². The van der Waals surface area contributed by atoms with Crippen LogP contribution in [-0.4, -0.2) is 37.0 Å². The molecule has 7 heteroatoms. The van der Waals surface area contributed by atoms with Crippen LogP contribution >= 0.6 is 0 Å². The summed E-state index contributed by atoms with van der Waals surface area (Å²) < 4.78 is 18.1. The van der Waals surface area contributed by atoms with Gasteiger partial charge < -0.3 is 15.4 Å². The molecule has 2 atom stereocenters. The molecule has 0 spiro atoms. The number of amides is 2. The number of ether oxygens (including phenoxy) is 1. The van der Waals surface area contributed by atoms with Gasteiger partial charge in [-0.15, -0.1) is 0 Å². The first-order chi connectivity index (χ1) is 16.4. The number of hydrogen-bond donors (Lipinski definition) is 2. The first kappa shape index (κ1) is 24.6. The Balaban J connectivity index is 1.73. The lowest BCUT2D eigenvalue weighted by atomic mass is 10.00. The molecule has 176 valence electrons. The van der Waals surface area contributed by atoms with Crippen LogP contribution in [0.15, 0.2) is 78.9 Å². The minimum Gasteiger partial charge on any atom is -0.467 e. The number of nitrogens with one attached hydrogen (secondary N) is 2. The van der Waals surface area contributed by atoms with Crippen LogP contribution in [0.5, 0.6) is 0 Å². The highest BCUT2D eigenvalue weighted by molar-refractivity contribution is 5.90. The van der Waals surface area contributed by atoms with Crippen molar-refractivity contribution in [3.8, 4) is 11.1 Å². The molecule has 0 heterocycles. The summed E-state index contributed by atoms with van der Waals surface area (Å²) in [6.45, 7) is 1.30. The molecule has 0 bridgehead atoms. The summed E-state index contributed by atoms with van der Waals surface area (Å²) in [6, 6.07) is 21.4. The van der Waals surface area contributed by atoms with Gasteiger partial charge in [-0.1, -0.05) is 66.7 Å². The third-order valence-corrected chi connectivity index (χ3v) is 5.35. The largest absolute Gasteiger partial charge is 0.467 e. The van der Waals surface area contributed by atoms with E-state index in [4.69, 9.17) is 4.74 Å². The highest BCUT2D eigenvalue weighted by Crippen LogP contribution is 2.20. The third kappa shape index (κ3) is 7.00. The van der Waals surface area contributed by atoms with Gasteiger partial charge in [-0.05, 0) is 34.4 Å². The molecule has 2 amide bonds. The molecule has 3 aromatic rings. The van der Waals surface area contributed by atoms with Crippen LogP contribution in [0.3, 0.4) is 0 Å². The van der Waals surface area contributed by atoms with Crippen molar-refractivity contribution in [2.45, 2.75) is 31.8 Å². The minimum absolute atomic E-state index is 0.144. The molecule has 0 saturated carbocycles. The SMILES string of the molecule is COC(=O)[C@@H](Cc1ccc(-c2ccccc2)cc1)NC(=O)[C@@H](Cc1ccc(F)cc1)NC(C)=O. The fourth-order valence-electron chi connectivity index (χ4n) is 3.62. The standard InChI is InChI=1S/C27H27FN2O4/c1-18(31)29-24(16-20-10-14-23(28)15-11-20)26(32)30-25(27(33)34-2)17-19-8-12-22(13-9-19)21-6-4-3-5-7-21/h3-15,24-25H,16-17H2,1-2H3,(H,29,31)(H,30,32)/t24-,25-/m1/s1. The first-order valence-corrected chi connectivity index (χ1v) is 10.9. The number of carbonyl (C=O) groups excluding carboxylic acids is 3. The molecule has 3 rings (SSSR count). The van der Waals surface area contributed by atoms with Crippen molar-refractivity contribution in [2.75, 3.05) is 7.11 Å². The van der Waals surface area contributed by atoms with Crippen molar-refractivity contribution >= 4 is 17.8 Å². The van der Waals surface area contributed by atoms with Crippen LogP contribution in [0.25, 0.3) is 11.1 Å². The molecule has 0 aliphatic heterocycles. The Morgan fingerprint density at radius 1 is 0.765 bits per heavy atom. The average Bonchev–Trinajstić information content (AvgIpc) is 2.84. The molecule has 0 radical (unpaired) electrons. The minimum atomic E-state index is -0.940. The molecule has 3 aromatic carbocycles. The predicted molar refractivity (Wildman–Crippen MR) is 127 cm³/mol. The van der Waals surface area contributed by atoms with Crippen molar-refractivity contribution in [1.82, 2.24) is 10.6 Å². The summed E-state index contributed by atoms with van der Waals surface area (Å²) in [7, 11) is 1.25. The normalized spacial score (nSPS) is 12.3. The summed E-state index contributed by atoms with van der Waals surface area (Å²) in [6.07, 6.45) is 0.363. The molecule has 34 heavy (non-hydrogen) atoms. The zero-order valence-electron chi connectivity index (χ0n) is 19.1. The predicted octanol–water partition coefficient (Wildman–Crippen LogP) is 3.44. The fraction of sp³-hybridized carbons (Fsp3) is 0.222. The van der Waals surface area contributed by atoms with Gasteiger partial charge in [0.1, 0.15) is 17.9 Å². The van der Waals surface area contributed by atoms with E-state index in [-0.39, 0.29) is 12.8 Å². The summed E-state index contributed by atoms with van der Waals surface area (Å²) in [5.41, 5.74) is 3.62. The molecule has 0 aromatic heterocycles. The molecular weight excluding hydrogens is 435 g/mol. The molecule has 0 saturated heterocycles. The average molecular weight is 463 g/mol. The van der Waals surface area contributed by atoms with Crippen LogP contribution in [0.2, 0.25) is 0 Å². The van der Waals surface area contributed by atoms with Gasteiger partial charge >= 0.3 is 5.97 Å². The molecule has 2 N–H and O–H groups in total. The summed E-state index contributed by atoms with van der Waals surface area (Å²) in [5.74, 6) is -1.92. The van der Waals surface area contributed by atoms with E-state index >= 15 is 0 Å². The van der Waals surface area contributed by atoms with Gasteiger partial charge in [-0.2, -0.15) is 0 Å². The van der Waals surface area contributed by atoms with E-state index in [0.29, 0.717) is 5.56 Å². The Kier molecular flexibility index (Phi) is 8.51. The van der Waals surface area contributed by atoms with Gasteiger partial charge in [0, 0.05) is 19.8 Å². The number of benzene rings is 3. The summed E-state index contributed by atoms with van der Waals surface area (Å²) >= 11 is 0. The van der Waals surface area contributed by atoms with Gasteiger partial charge in [-0.3, -0.25) is 9.59 Å². The highest BCUT2D eigenvalue weighted by Gasteiger charge is 2.27. The monoisotopic (exact) mass is 462 g/mol. The zero-order chi connectivity index (χ0) is 24.5. The molecule has 0 unspecified atom stereocenters. The van der Waals surface area contributed by atoms with E-state index in [1.807, 2.05) is 54.6 Å². The second kappa shape index (κ2) is 11.7. The lowest BCUT2D eigenvalue weighted by Crippen LogP contribution is -2.53. The zero-order valence-corrected chi connectivity index (χ0v) is 19.1. The van der Waals surface area contributed by atoms with Gasteiger partial charge in [0.05, 0.1) is 7.11 Å². The van der Waals surface area contributed by atoms with Crippen LogP contribution in [0, 0.1) is 5.82 Å². The lowest BCUT2D eigenvalue weighted by molar-refractivity contribution is -0.145.